The minimum absolute atomic E-state index is 0. The van der Waals surface area contributed by atoms with Gasteiger partial charge < -0.3 is 20.3 Å². The number of amides is 1. The number of halogens is 1. The van der Waals surface area contributed by atoms with E-state index in [9.17, 15) is 4.79 Å². The SMILES string of the molecule is CCNC(=NCC(C1CC1)C1CC1)NC1CCN(C(=O)OC)CC1.I. The molecule has 0 bridgehead atoms. The van der Waals surface area contributed by atoms with E-state index in [4.69, 9.17) is 9.73 Å². The number of guanidine groups is 1. The third-order valence-electron chi connectivity index (χ3n) is 5.53. The van der Waals surface area contributed by atoms with Gasteiger partial charge in [0.1, 0.15) is 0 Å². The first-order chi connectivity index (χ1) is 11.7. The van der Waals surface area contributed by atoms with E-state index in [2.05, 4.69) is 17.6 Å². The van der Waals surface area contributed by atoms with Gasteiger partial charge in [-0.05, 0) is 63.2 Å². The molecule has 1 amide bonds. The molecule has 7 heteroatoms. The summed E-state index contributed by atoms with van der Waals surface area (Å²) in [5, 5.41) is 6.95. The molecule has 0 aromatic rings. The van der Waals surface area contributed by atoms with Crippen LogP contribution < -0.4 is 10.6 Å². The monoisotopic (exact) mass is 464 g/mol. The molecular weight excluding hydrogens is 431 g/mol. The Hall–Kier alpha value is -0.730. The molecule has 3 aliphatic rings. The van der Waals surface area contributed by atoms with E-state index in [1.54, 1.807) is 4.90 Å². The highest BCUT2D eigenvalue weighted by molar-refractivity contribution is 14.0. The smallest absolute Gasteiger partial charge is 0.409 e. The maximum atomic E-state index is 11.6. The van der Waals surface area contributed by atoms with Gasteiger partial charge in [-0.1, -0.05) is 0 Å². The van der Waals surface area contributed by atoms with Gasteiger partial charge in [0.2, 0.25) is 0 Å². The molecule has 1 heterocycles. The van der Waals surface area contributed by atoms with Gasteiger partial charge >= 0.3 is 6.09 Å². The van der Waals surface area contributed by atoms with Crippen LogP contribution in [0.5, 0.6) is 0 Å². The lowest BCUT2D eigenvalue weighted by molar-refractivity contribution is 0.111. The average molecular weight is 464 g/mol. The van der Waals surface area contributed by atoms with Crippen molar-refractivity contribution >= 4 is 36.0 Å². The van der Waals surface area contributed by atoms with Gasteiger partial charge in [0.05, 0.1) is 7.11 Å². The van der Waals surface area contributed by atoms with E-state index < -0.39 is 0 Å². The topological polar surface area (TPSA) is 66.0 Å². The molecule has 1 aliphatic heterocycles. The van der Waals surface area contributed by atoms with Crippen LogP contribution in [-0.4, -0.2) is 56.3 Å². The third kappa shape index (κ3) is 6.18. The minimum Gasteiger partial charge on any atom is -0.453 e. The number of piperidine rings is 1. The molecule has 2 aliphatic carbocycles. The molecule has 0 aromatic carbocycles. The zero-order valence-corrected chi connectivity index (χ0v) is 17.8. The fraction of sp³-hybridized carbons (Fsp3) is 0.889. The van der Waals surface area contributed by atoms with Crippen LogP contribution >= 0.6 is 24.0 Å². The van der Waals surface area contributed by atoms with Crippen molar-refractivity contribution in [2.75, 3.05) is 33.3 Å². The van der Waals surface area contributed by atoms with Crippen molar-refractivity contribution in [3.05, 3.63) is 0 Å². The third-order valence-corrected chi connectivity index (χ3v) is 5.53. The number of methoxy groups -OCH3 is 1. The number of nitrogens with zero attached hydrogens (tertiary/aromatic N) is 2. The highest BCUT2D eigenvalue weighted by Gasteiger charge is 2.41. The largest absolute Gasteiger partial charge is 0.453 e. The lowest BCUT2D eigenvalue weighted by Gasteiger charge is -2.32. The molecular formula is C18H33IN4O2. The molecule has 3 fully saturated rings. The number of nitrogens with one attached hydrogen (secondary N) is 2. The lowest BCUT2D eigenvalue weighted by Crippen LogP contribution is -2.49. The van der Waals surface area contributed by atoms with Crippen molar-refractivity contribution in [3.8, 4) is 0 Å². The standard InChI is InChI=1S/C18H32N4O2.HI/c1-3-19-17(20-12-16(13-4-5-13)14-6-7-14)21-15-8-10-22(11-9-15)18(23)24-2;/h13-16H,3-12H2,1-2H3,(H2,19,20,21);1H. The summed E-state index contributed by atoms with van der Waals surface area (Å²) in [4.78, 5) is 18.2. The van der Waals surface area contributed by atoms with Crippen LogP contribution in [-0.2, 0) is 4.74 Å². The summed E-state index contributed by atoms with van der Waals surface area (Å²) in [6.45, 7) is 5.44. The number of ether oxygens (including phenoxy) is 1. The van der Waals surface area contributed by atoms with Gasteiger partial charge in [0, 0.05) is 32.2 Å². The highest BCUT2D eigenvalue weighted by atomic mass is 127. The zero-order chi connectivity index (χ0) is 16.9. The van der Waals surface area contributed by atoms with E-state index >= 15 is 0 Å². The van der Waals surface area contributed by atoms with Gasteiger partial charge in [-0.2, -0.15) is 0 Å². The van der Waals surface area contributed by atoms with Crippen molar-refractivity contribution < 1.29 is 9.53 Å². The van der Waals surface area contributed by atoms with Crippen LogP contribution in [0.15, 0.2) is 4.99 Å². The number of carbonyl (C=O) groups excluding carboxylic acids is 1. The van der Waals surface area contributed by atoms with E-state index in [1.165, 1.54) is 32.8 Å². The molecule has 2 N–H and O–H groups in total. The van der Waals surface area contributed by atoms with Crippen LogP contribution in [0.4, 0.5) is 4.79 Å². The van der Waals surface area contributed by atoms with E-state index in [0.717, 1.165) is 62.7 Å². The summed E-state index contributed by atoms with van der Waals surface area (Å²) >= 11 is 0. The van der Waals surface area contributed by atoms with Crippen LogP contribution in [0, 0.1) is 17.8 Å². The fourth-order valence-corrected chi connectivity index (χ4v) is 3.78. The molecule has 1 saturated heterocycles. The summed E-state index contributed by atoms with van der Waals surface area (Å²) in [7, 11) is 1.44. The Morgan fingerprint density at radius 3 is 2.24 bits per heavy atom. The predicted molar refractivity (Wildman–Crippen MR) is 110 cm³/mol. The first kappa shape index (κ1) is 20.6. The molecule has 2 saturated carbocycles. The van der Waals surface area contributed by atoms with Crippen molar-refractivity contribution in [3.63, 3.8) is 0 Å². The van der Waals surface area contributed by atoms with Gasteiger partial charge in [-0.3, -0.25) is 4.99 Å². The van der Waals surface area contributed by atoms with Gasteiger partial charge in [-0.15, -0.1) is 24.0 Å². The first-order valence-electron chi connectivity index (χ1n) is 9.59. The Kier molecular flexibility index (Phi) is 8.09. The Labute approximate surface area is 168 Å². The number of hydrogen-bond acceptors (Lipinski definition) is 3. The molecule has 6 nitrogen and oxygen atoms in total. The van der Waals surface area contributed by atoms with E-state index in [0.29, 0.717) is 6.04 Å². The van der Waals surface area contributed by atoms with Crippen molar-refractivity contribution in [2.24, 2.45) is 22.7 Å². The number of rotatable bonds is 6. The van der Waals surface area contributed by atoms with Gasteiger partial charge in [-0.25, -0.2) is 4.79 Å². The van der Waals surface area contributed by atoms with Crippen LogP contribution in [0.3, 0.4) is 0 Å². The second kappa shape index (κ2) is 9.83. The molecule has 3 rings (SSSR count). The number of aliphatic imine (C=N–C) groups is 1. The Balaban J connectivity index is 0.00000225. The molecule has 0 atom stereocenters. The average Bonchev–Trinajstić information content (AvgIpc) is 3.48. The first-order valence-corrected chi connectivity index (χ1v) is 9.59. The van der Waals surface area contributed by atoms with Crippen LogP contribution in [0.2, 0.25) is 0 Å². The van der Waals surface area contributed by atoms with Crippen molar-refractivity contribution in [2.45, 2.75) is 51.5 Å². The maximum Gasteiger partial charge on any atom is 0.409 e. The summed E-state index contributed by atoms with van der Waals surface area (Å²) in [6, 6.07) is 0.379. The predicted octanol–water partition coefficient (Wildman–Crippen LogP) is 2.83. The lowest BCUT2D eigenvalue weighted by atomic mass is 9.98. The summed E-state index contributed by atoms with van der Waals surface area (Å²) in [6.07, 6.45) is 7.30. The van der Waals surface area contributed by atoms with E-state index in [-0.39, 0.29) is 30.1 Å². The van der Waals surface area contributed by atoms with Crippen molar-refractivity contribution in [1.82, 2.24) is 15.5 Å². The summed E-state index contributed by atoms with van der Waals surface area (Å²) in [5.74, 6) is 3.63. The molecule has 0 unspecified atom stereocenters. The van der Waals surface area contributed by atoms with Gasteiger partial charge in [0.15, 0.2) is 5.96 Å². The van der Waals surface area contributed by atoms with Crippen molar-refractivity contribution in [1.29, 1.82) is 0 Å². The molecule has 0 spiro atoms. The minimum atomic E-state index is -0.217. The second-order valence-corrected chi connectivity index (χ2v) is 7.43. The maximum absolute atomic E-state index is 11.6. The van der Waals surface area contributed by atoms with E-state index in [1.807, 2.05) is 0 Å². The highest BCUT2D eigenvalue weighted by Crippen LogP contribution is 2.49. The zero-order valence-electron chi connectivity index (χ0n) is 15.5. The Morgan fingerprint density at radius 1 is 1.16 bits per heavy atom. The van der Waals surface area contributed by atoms with Crippen LogP contribution in [0.1, 0.15) is 45.4 Å². The number of carbonyl (C=O) groups is 1. The fourth-order valence-electron chi connectivity index (χ4n) is 3.78. The summed E-state index contributed by atoms with van der Waals surface area (Å²) in [5.41, 5.74) is 0. The molecule has 0 radical (unpaired) electrons. The van der Waals surface area contributed by atoms with Crippen LogP contribution in [0.25, 0.3) is 0 Å². The Bertz CT molecular complexity index is 446. The molecule has 144 valence electrons. The Morgan fingerprint density at radius 2 is 1.76 bits per heavy atom. The summed E-state index contributed by atoms with van der Waals surface area (Å²) < 4.78 is 4.80. The number of hydrogen-bond donors (Lipinski definition) is 2. The molecule has 0 aromatic heterocycles. The number of likely N-dealkylation sites (tertiary alicyclic amines) is 1. The second-order valence-electron chi connectivity index (χ2n) is 7.43. The van der Waals surface area contributed by atoms with Gasteiger partial charge in [0.25, 0.3) is 0 Å². The molecule has 25 heavy (non-hydrogen) atoms. The normalized spacial score (nSPS) is 21.7. The quantitative estimate of drug-likeness (QED) is 0.361.